The van der Waals surface area contributed by atoms with Gasteiger partial charge in [0.15, 0.2) is 0 Å². The lowest BCUT2D eigenvalue weighted by molar-refractivity contribution is -0.120. The normalized spacial score (nSPS) is 19.1. The molecule has 1 fully saturated rings. The highest BCUT2D eigenvalue weighted by atomic mass is 16.5. The van der Waals surface area contributed by atoms with Crippen molar-refractivity contribution in [2.75, 3.05) is 4.90 Å². The molecule has 1 aliphatic heterocycles. The maximum atomic E-state index is 13.0. The van der Waals surface area contributed by atoms with E-state index in [1.807, 2.05) is 47.4 Å². The van der Waals surface area contributed by atoms with Crippen LogP contribution in [0, 0.1) is 11.3 Å². The van der Waals surface area contributed by atoms with E-state index < -0.39 is 0 Å². The number of hydrogen-bond donors (Lipinski definition) is 2. The number of anilines is 1. The number of allylic oxidation sites excluding steroid dienone is 1. The molecule has 0 saturated heterocycles. The Morgan fingerprint density at radius 2 is 1.93 bits per heavy atom. The van der Waals surface area contributed by atoms with Crippen LogP contribution >= 0.6 is 0 Å². The smallest absolute Gasteiger partial charge is 0.230 e. The molecule has 1 atom stereocenters. The molecule has 1 unspecified atom stereocenters. The Morgan fingerprint density at radius 1 is 1.18 bits per heavy atom. The number of para-hydroxylation sites is 1. The minimum Gasteiger partial charge on any atom is -0.456 e. The molecular weight excluding hydrogens is 350 g/mol. The fourth-order valence-corrected chi connectivity index (χ4v) is 3.83. The van der Waals surface area contributed by atoms with Crippen molar-refractivity contribution in [2.24, 2.45) is 11.7 Å². The van der Waals surface area contributed by atoms with E-state index in [4.69, 9.17) is 15.9 Å². The van der Waals surface area contributed by atoms with Gasteiger partial charge in [-0.3, -0.25) is 4.79 Å². The van der Waals surface area contributed by atoms with Crippen LogP contribution in [0.1, 0.15) is 37.3 Å². The molecule has 0 aromatic heterocycles. The molecule has 1 amide bonds. The van der Waals surface area contributed by atoms with E-state index in [0.717, 1.165) is 48.2 Å². The van der Waals surface area contributed by atoms with Crippen LogP contribution in [0.15, 0.2) is 48.7 Å². The fourth-order valence-electron chi connectivity index (χ4n) is 3.83. The van der Waals surface area contributed by atoms with Crippen molar-refractivity contribution in [3.63, 3.8) is 0 Å². The molecular formula is C23H25N3O2. The zero-order chi connectivity index (χ0) is 19.7. The summed E-state index contributed by atoms with van der Waals surface area (Å²) in [6, 6.07) is 13.6. The Hall–Kier alpha value is -3.08. The van der Waals surface area contributed by atoms with E-state index in [2.05, 4.69) is 6.92 Å². The first-order valence-corrected chi connectivity index (χ1v) is 9.78. The van der Waals surface area contributed by atoms with Gasteiger partial charge in [-0.25, -0.2) is 0 Å². The second-order valence-corrected chi connectivity index (χ2v) is 7.49. The molecule has 1 aliphatic carbocycles. The Labute approximate surface area is 165 Å². The molecule has 3 N–H and O–H groups in total. The summed E-state index contributed by atoms with van der Waals surface area (Å²) in [5.74, 6) is 1.78. The molecule has 1 heterocycles. The first kappa shape index (κ1) is 18.3. The van der Waals surface area contributed by atoms with Crippen molar-refractivity contribution in [1.82, 2.24) is 0 Å². The highest BCUT2D eigenvalue weighted by Crippen LogP contribution is 2.44. The Morgan fingerprint density at radius 3 is 2.57 bits per heavy atom. The summed E-state index contributed by atoms with van der Waals surface area (Å²) in [4.78, 5) is 14.9. The largest absolute Gasteiger partial charge is 0.456 e. The van der Waals surface area contributed by atoms with E-state index in [0.29, 0.717) is 11.3 Å². The first-order valence-electron chi connectivity index (χ1n) is 9.78. The Kier molecular flexibility index (Phi) is 4.90. The van der Waals surface area contributed by atoms with Gasteiger partial charge in [0.05, 0.1) is 5.69 Å². The number of rotatable bonds is 5. The van der Waals surface area contributed by atoms with E-state index in [1.54, 1.807) is 0 Å². The summed E-state index contributed by atoms with van der Waals surface area (Å²) in [5.41, 5.74) is 9.06. The molecule has 4 rings (SSSR count). The Bertz CT molecular complexity index is 932. The van der Waals surface area contributed by atoms with Crippen molar-refractivity contribution in [1.29, 1.82) is 5.41 Å². The fraction of sp³-hybridized carbons (Fsp3) is 0.304. The number of amides is 1. The number of hydrogen-bond acceptors (Lipinski definition) is 4. The third-order valence-corrected chi connectivity index (χ3v) is 5.52. The Balaban J connectivity index is 1.85. The minimum absolute atomic E-state index is 0.160. The summed E-state index contributed by atoms with van der Waals surface area (Å²) in [7, 11) is 0. The highest BCUT2D eigenvalue weighted by molar-refractivity contribution is 6.10. The molecule has 5 nitrogen and oxygen atoms in total. The van der Waals surface area contributed by atoms with E-state index in [-0.39, 0.29) is 17.9 Å². The van der Waals surface area contributed by atoms with Crippen LogP contribution in [0.25, 0.3) is 5.57 Å². The maximum absolute atomic E-state index is 13.0. The van der Waals surface area contributed by atoms with Gasteiger partial charge < -0.3 is 20.8 Å². The third kappa shape index (κ3) is 3.28. The molecule has 28 heavy (non-hydrogen) atoms. The number of carbonyl (C=O) groups excluding carboxylic acids is 1. The van der Waals surface area contributed by atoms with Crippen molar-refractivity contribution in [3.05, 3.63) is 59.8 Å². The molecule has 0 bridgehead atoms. The van der Waals surface area contributed by atoms with Crippen LogP contribution in [0.5, 0.6) is 11.5 Å². The molecule has 5 heteroatoms. The second kappa shape index (κ2) is 7.50. The highest BCUT2D eigenvalue weighted by Gasteiger charge is 2.39. The lowest BCUT2D eigenvalue weighted by Gasteiger charge is -2.36. The van der Waals surface area contributed by atoms with E-state index in [1.165, 1.54) is 12.4 Å². The quantitative estimate of drug-likeness (QED) is 0.755. The number of nitrogens with two attached hydrogens (primary N) is 1. The number of carbonyl (C=O) groups is 1. The summed E-state index contributed by atoms with van der Waals surface area (Å²) in [5, 5.41) is 7.72. The van der Waals surface area contributed by atoms with Gasteiger partial charge in [0, 0.05) is 41.1 Å². The van der Waals surface area contributed by atoms with Gasteiger partial charge in [-0.05, 0) is 56.9 Å². The molecule has 2 aromatic rings. The zero-order valence-corrected chi connectivity index (χ0v) is 16.0. The van der Waals surface area contributed by atoms with Crippen LogP contribution in [0.3, 0.4) is 0 Å². The molecule has 144 valence electrons. The van der Waals surface area contributed by atoms with Gasteiger partial charge in [-0.2, -0.15) is 0 Å². The maximum Gasteiger partial charge on any atom is 0.230 e. The standard InChI is InChI=1S/C23H25N3O2/c1-15-7-10-20-21(26(15)23(27)16-8-9-16)12-11-19(17(13-24)14-25)22(20)28-18-5-3-2-4-6-18/h2-6,11-16,24H,7-10,25H2,1H3/b17-14+,24-13?. The monoisotopic (exact) mass is 375 g/mol. The van der Waals surface area contributed by atoms with Gasteiger partial charge in [0.1, 0.15) is 11.5 Å². The molecule has 0 radical (unpaired) electrons. The lowest BCUT2D eigenvalue weighted by atomic mass is 9.91. The summed E-state index contributed by atoms with van der Waals surface area (Å²) in [6.07, 6.45) is 6.32. The van der Waals surface area contributed by atoms with Crippen molar-refractivity contribution in [2.45, 2.75) is 38.6 Å². The van der Waals surface area contributed by atoms with Crippen LogP contribution in [0.4, 0.5) is 5.69 Å². The van der Waals surface area contributed by atoms with Crippen LogP contribution in [-0.2, 0) is 11.2 Å². The van der Waals surface area contributed by atoms with Crippen LogP contribution < -0.4 is 15.4 Å². The molecule has 2 aromatic carbocycles. The number of benzene rings is 2. The average molecular weight is 375 g/mol. The number of nitrogens with one attached hydrogen (secondary N) is 1. The summed E-state index contributed by atoms with van der Waals surface area (Å²) < 4.78 is 6.29. The summed E-state index contributed by atoms with van der Waals surface area (Å²) >= 11 is 0. The van der Waals surface area contributed by atoms with Gasteiger partial charge in [-0.15, -0.1) is 0 Å². The minimum atomic E-state index is 0.160. The predicted molar refractivity (Wildman–Crippen MR) is 112 cm³/mol. The summed E-state index contributed by atoms with van der Waals surface area (Å²) in [6.45, 7) is 2.11. The van der Waals surface area contributed by atoms with Gasteiger partial charge in [0.2, 0.25) is 5.91 Å². The average Bonchev–Trinajstić information content (AvgIpc) is 3.56. The first-order chi connectivity index (χ1) is 13.6. The predicted octanol–water partition coefficient (Wildman–Crippen LogP) is 4.51. The van der Waals surface area contributed by atoms with Gasteiger partial charge in [-0.1, -0.05) is 18.2 Å². The third-order valence-electron chi connectivity index (χ3n) is 5.52. The van der Waals surface area contributed by atoms with Crippen molar-refractivity contribution in [3.8, 4) is 11.5 Å². The van der Waals surface area contributed by atoms with E-state index in [9.17, 15) is 4.79 Å². The number of nitrogens with zero attached hydrogens (tertiary/aromatic N) is 1. The zero-order valence-electron chi connectivity index (χ0n) is 16.0. The van der Waals surface area contributed by atoms with Crippen molar-refractivity contribution < 1.29 is 9.53 Å². The van der Waals surface area contributed by atoms with Gasteiger partial charge in [0.25, 0.3) is 0 Å². The second-order valence-electron chi connectivity index (χ2n) is 7.49. The van der Waals surface area contributed by atoms with Crippen molar-refractivity contribution >= 4 is 23.4 Å². The van der Waals surface area contributed by atoms with Crippen LogP contribution in [-0.4, -0.2) is 18.2 Å². The molecule has 1 saturated carbocycles. The lowest BCUT2D eigenvalue weighted by Crippen LogP contribution is -2.43. The number of ether oxygens (including phenoxy) is 1. The SMILES string of the molecule is CC1CCc2c(ccc(/C(C=N)=C/N)c2Oc2ccccc2)N1C(=O)C1CC1. The molecule has 0 spiro atoms. The van der Waals surface area contributed by atoms with E-state index >= 15 is 0 Å². The molecule has 2 aliphatic rings. The topological polar surface area (TPSA) is 79.4 Å². The number of fused-ring (bicyclic) bond motifs is 1. The van der Waals surface area contributed by atoms with Crippen LogP contribution in [0.2, 0.25) is 0 Å². The van der Waals surface area contributed by atoms with Gasteiger partial charge >= 0.3 is 0 Å².